The first-order valence-corrected chi connectivity index (χ1v) is 9.82. The van der Waals surface area contributed by atoms with Crippen LogP contribution in [0.1, 0.15) is 15.9 Å². The van der Waals surface area contributed by atoms with E-state index in [9.17, 15) is 44.7 Å². The number of carbonyl (C=O) groups is 1. The standard InChI is InChI=1S/C20H15F8N5O3/c21-16(22)8-32-7-12(6-29-32)33-18(36)13(17(35)30-15(9-34)20(26,27)28)5-14(31-33)10-1-3-11(4-2-10)19(23,24)25/h1-7,15-16,34H,8-9H2,(H,30,35). The molecule has 0 aliphatic heterocycles. The van der Waals surface area contributed by atoms with Crippen molar-refractivity contribution in [3.05, 3.63) is 64.2 Å². The second-order valence-corrected chi connectivity index (χ2v) is 7.30. The van der Waals surface area contributed by atoms with E-state index in [2.05, 4.69) is 10.2 Å². The van der Waals surface area contributed by atoms with Gasteiger partial charge in [-0.2, -0.15) is 41.2 Å². The van der Waals surface area contributed by atoms with Crippen LogP contribution in [0.25, 0.3) is 16.9 Å². The number of hydrogen-bond donors (Lipinski definition) is 2. The zero-order valence-electron chi connectivity index (χ0n) is 17.7. The van der Waals surface area contributed by atoms with Gasteiger partial charge in [-0.15, -0.1) is 0 Å². The van der Waals surface area contributed by atoms with Crippen molar-refractivity contribution in [3.8, 4) is 16.9 Å². The second kappa shape index (κ2) is 10.0. The highest BCUT2D eigenvalue weighted by atomic mass is 19.4. The highest BCUT2D eigenvalue weighted by Gasteiger charge is 2.40. The molecule has 1 atom stereocenters. The van der Waals surface area contributed by atoms with Gasteiger partial charge in [0.05, 0.1) is 30.3 Å². The lowest BCUT2D eigenvalue weighted by atomic mass is 10.1. The van der Waals surface area contributed by atoms with Crippen LogP contribution in [0.15, 0.2) is 47.5 Å². The molecule has 1 unspecified atom stereocenters. The van der Waals surface area contributed by atoms with Gasteiger partial charge in [-0.1, -0.05) is 12.1 Å². The van der Waals surface area contributed by atoms with Crippen molar-refractivity contribution in [2.75, 3.05) is 6.61 Å². The van der Waals surface area contributed by atoms with E-state index < -0.39 is 60.6 Å². The minimum Gasteiger partial charge on any atom is -0.394 e. The molecule has 0 saturated heterocycles. The van der Waals surface area contributed by atoms with Gasteiger partial charge in [-0.05, 0) is 18.2 Å². The third-order valence-electron chi connectivity index (χ3n) is 4.74. The van der Waals surface area contributed by atoms with E-state index in [-0.39, 0.29) is 16.9 Å². The molecule has 0 radical (unpaired) electrons. The van der Waals surface area contributed by atoms with Crippen LogP contribution in [-0.4, -0.2) is 55.8 Å². The topological polar surface area (TPSA) is 102 Å². The molecule has 0 bridgehead atoms. The fourth-order valence-corrected chi connectivity index (χ4v) is 2.97. The molecular weight excluding hydrogens is 510 g/mol. The first-order chi connectivity index (χ1) is 16.7. The van der Waals surface area contributed by atoms with Gasteiger partial charge in [0.15, 0.2) is 0 Å². The zero-order chi connectivity index (χ0) is 26.8. The van der Waals surface area contributed by atoms with Crippen molar-refractivity contribution >= 4 is 5.91 Å². The molecule has 0 aliphatic carbocycles. The fraction of sp³-hybridized carbons (Fsp3) is 0.300. The van der Waals surface area contributed by atoms with E-state index in [1.807, 2.05) is 0 Å². The molecule has 1 amide bonds. The third kappa shape index (κ3) is 6.05. The summed E-state index contributed by atoms with van der Waals surface area (Å²) < 4.78 is 104. The number of aliphatic hydroxyl groups excluding tert-OH is 1. The van der Waals surface area contributed by atoms with Crippen molar-refractivity contribution in [2.45, 2.75) is 31.4 Å². The Kier molecular flexibility index (Phi) is 7.47. The van der Waals surface area contributed by atoms with Crippen LogP contribution < -0.4 is 10.9 Å². The minimum atomic E-state index is -5.07. The summed E-state index contributed by atoms with van der Waals surface area (Å²) in [6.07, 6.45) is -10.7. The molecule has 36 heavy (non-hydrogen) atoms. The predicted molar refractivity (Wildman–Crippen MR) is 106 cm³/mol. The molecule has 2 N–H and O–H groups in total. The Morgan fingerprint density at radius 3 is 2.25 bits per heavy atom. The Hall–Kier alpha value is -3.82. The number of rotatable bonds is 7. The first kappa shape index (κ1) is 26.8. The molecule has 194 valence electrons. The maximum absolute atomic E-state index is 13.0. The first-order valence-electron chi connectivity index (χ1n) is 9.82. The van der Waals surface area contributed by atoms with Crippen LogP contribution in [0.4, 0.5) is 35.1 Å². The summed E-state index contributed by atoms with van der Waals surface area (Å²) in [7, 11) is 0. The lowest BCUT2D eigenvalue weighted by Crippen LogP contribution is -2.49. The SMILES string of the molecule is O=C(NC(CO)C(F)(F)F)c1cc(-c2ccc(C(F)(F)F)cc2)nn(-c2cnn(CC(F)F)c2)c1=O. The van der Waals surface area contributed by atoms with Crippen molar-refractivity contribution < 1.29 is 45.0 Å². The van der Waals surface area contributed by atoms with E-state index >= 15 is 0 Å². The molecule has 2 heterocycles. The molecule has 8 nitrogen and oxygen atoms in total. The summed E-state index contributed by atoms with van der Waals surface area (Å²) >= 11 is 0. The second-order valence-electron chi connectivity index (χ2n) is 7.30. The number of aromatic nitrogens is 4. The summed E-state index contributed by atoms with van der Waals surface area (Å²) in [5.74, 6) is -1.57. The van der Waals surface area contributed by atoms with Gasteiger partial charge in [-0.3, -0.25) is 14.3 Å². The number of carbonyl (C=O) groups excluding carboxylic acids is 1. The maximum atomic E-state index is 13.0. The molecule has 0 aliphatic rings. The maximum Gasteiger partial charge on any atom is 0.416 e. The fourth-order valence-electron chi connectivity index (χ4n) is 2.97. The van der Waals surface area contributed by atoms with E-state index in [4.69, 9.17) is 5.11 Å². The molecular formula is C20H15F8N5O3. The lowest BCUT2D eigenvalue weighted by Gasteiger charge is -2.19. The summed E-state index contributed by atoms with van der Waals surface area (Å²) in [6, 6.07) is 1.29. The Morgan fingerprint density at radius 1 is 1.08 bits per heavy atom. The van der Waals surface area contributed by atoms with E-state index in [1.165, 1.54) is 5.32 Å². The Morgan fingerprint density at radius 2 is 1.72 bits per heavy atom. The monoisotopic (exact) mass is 525 g/mol. The summed E-state index contributed by atoms with van der Waals surface area (Å²) in [6.45, 7) is -2.41. The lowest BCUT2D eigenvalue weighted by molar-refractivity contribution is -0.161. The number of halogens is 8. The van der Waals surface area contributed by atoms with Crippen LogP contribution in [0.2, 0.25) is 0 Å². The van der Waals surface area contributed by atoms with Crippen molar-refractivity contribution in [1.82, 2.24) is 24.9 Å². The normalized spacial score (nSPS) is 13.2. The van der Waals surface area contributed by atoms with Gasteiger partial charge in [0, 0.05) is 5.56 Å². The molecule has 16 heteroatoms. The molecule has 2 aromatic heterocycles. The Bertz CT molecular complexity index is 1280. The van der Waals surface area contributed by atoms with Crippen molar-refractivity contribution in [1.29, 1.82) is 0 Å². The molecule has 3 aromatic rings. The molecule has 0 saturated carbocycles. The number of aliphatic hydroxyl groups is 1. The zero-order valence-corrected chi connectivity index (χ0v) is 17.7. The number of alkyl halides is 8. The Balaban J connectivity index is 2.13. The predicted octanol–water partition coefficient (Wildman–Crippen LogP) is 3.03. The van der Waals surface area contributed by atoms with Crippen molar-refractivity contribution in [3.63, 3.8) is 0 Å². The van der Waals surface area contributed by atoms with Crippen LogP contribution in [0.3, 0.4) is 0 Å². The number of nitrogens with zero attached hydrogens (tertiary/aromatic N) is 4. The van der Waals surface area contributed by atoms with Gasteiger partial charge in [0.1, 0.15) is 23.8 Å². The van der Waals surface area contributed by atoms with Gasteiger partial charge in [-0.25, -0.2) is 8.78 Å². The Labute approximate surface area is 195 Å². The van der Waals surface area contributed by atoms with Crippen LogP contribution in [0, 0.1) is 0 Å². The number of benzene rings is 1. The van der Waals surface area contributed by atoms with E-state index in [1.54, 1.807) is 0 Å². The number of hydrogen-bond acceptors (Lipinski definition) is 5. The van der Waals surface area contributed by atoms with Crippen LogP contribution in [0.5, 0.6) is 0 Å². The average Bonchev–Trinajstić information content (AvgIpc) is 3.23. The molecule has 3 rings (SSSR count). The number of nitrogens with one attached hydrogen (secondary N) is 1. The minimum absolute atomic E-state index is 0.0553. The molecule has 1 aromatic carbocycles. The smallest absolute Gasteiger partial charge is 0.394 e. The van der Waals surface area contributed by atoms with Gasteiger partial charge < -0.3 is 10.4 Å². The highest BCUT2D eigenvalue weighted by Crippen LogP contribution is 2.30. The van der Waals surface area contributed by atoms with Gasteiger partial charge >= 0.3 is 12.4 Å². The largest absolute Gasteiger partial charge is 0.416 e. The van der Waals surface area contributed by atoms with Crippen LogP contribution >= 0.6 is 0 Å². The van der Waals surface area contributed by atoms with Gasteiger partial charge in [0.2, 0.25) is 0 Å². The van der Waals surface area contributed by atoms with Crippen molar-refractivity contribution in [2.24, 2.45) is 0 Å². The van der Waals surface area contributed by atoms with E-state index in [0.29, 0.717) is 16.8 Å². The summed E-state index contributed by atoms with van der Waals surface area (Å²) in [4.78, 5) is 25.4. The summed E-state index contributed by atoms with van der Waals surface area (Å²) in [5, 5.41) is 18.0. The quantitative estimate of drug-likeness (QED) is 0.462. The number of amides is 1. The third-order valence-corrected chi connectivity index (χ3v) is 4.74. The summed E-state index contributed by atoms with van der Waals surface area (Å²) in [5.41, 5.74) is -3.83. The molecule has 0 fully saturated rings. The average molecular weight is 525 g/mol. The van der Waals surface area contributed by atoms with Gasteiger partial charge in [0.25, 0.3) is 17.9 Å². The van der Waals surface area contributed by atoms with E-state index in [0.717, 1.165) is 35.3 Å². The molecule has 0 spiro atoms. The van der Waals surface area contributed by atoms with Crippen LogP contribution in [-0.2, 0) is 12.7 Å². The highest BCUT2D eigenvalue weighted by molar-refractivity contribution is 5.95.